The Kier molecular flexibility index (Phi) is 4.79. The predicted octanol–water partition coefficient (Wildman–Crippen LogP) is 3.10. The number of hydrogen-bond donors (Lipinski definition) is 2. The van der Waals surface area contributed by atoms with E-state index in [1.807, 2.05) is 37.3 Å². The summed E-state index contributed by atoms with van der Waals surface area (Å²) in [4.78, 5) is 11.8. The molecule has 0 saturated heterocycles. The number of amides is 2. The Bertz CT molecular complexity index is 552. The summed E-state index contributed by atoms with van der Waals surface area (Å²) in [6.45, 7) is 2.31. The summed E-state index contributed by atoms with van der Waals surface area (Å²) in [5.41, 5.74) is 1.85. The zero-order valence-corrected chi connectivity index (χ0v) is 11.6. The van der Waals surface area contributed by atoms with Crippen LogP contribution in [0, 0.1) is 6.92 Å². The summed E-state index contributed by atoms with van der Waals surface area (Å²) in [5, 5.41) is 5.53. The van der Waals surface area contributed by atoms with E-state index in [9.17, 15) is 4.79 Å². The van der Waals surface area contributed by atoms with Crippen LogP contribution >= 0.6 is 0 Å². The van der Waals surface area contributed by atoms with Crippen LogP contribution in [-0.2, 0) is 4.74 Å². The summed E-state index contributed by atoms with van der Waals surface area (Å²) in [7, 11) is 1.58. The van der Waals surface area contributed by atoms with Gasteiger partial charge >= 0.3 is 6.03 Å². The van der Waals surface area contributed by atoms with E-state index in [4.69, 9.17) is 9.15 Å². The summed E-state index contributed by atoms with van der Waals surface area (Å²) in [5.74, 6) is 0.684. The van der Waals surface area contributed by atoms with Crippen molar-refractivity contribution < 1.29 is 13.9 Å². The van der Waals surface area contributed by atoms with Gasteiger partial charge in [-0.15, -0.1) is 0 Å². The average molecular weight is 274 g/mol. The van der Waals surface area contributed by atoms with E-state index >= 15 is 0 Å². The van der Waals surface area contributed by atoms with Gasteiger partial charge in [0, 0.05) is 12.8 Å². The predicted molar refractivity (Wildman–Crippen MR) is 76.7 cm³/mol. The first kappa shape index (κ1) is 14.1. The van der Waals surface area contributed by atoms with E-state index in [0.29, 0.717) is 12.3 Å². The number of urea groups is 1. The van der Waals surface area contributed by atoms with Gasteiger partial charge in [-0.2, -0.15) is 0 Å². The number of benzene rings is 1. The van der Waals surface area contributed by atoms with Crippen molar-refractivity contribution in [3.63, 3.8) is 0 Å². The highest BCUT2D eigenvalue weighted by atomic mass is 16.5. The maximum atomic E-state index is 11.8. The molecule has 0 spiro atoms. The number of hydrogen-bond acceptors (Lipinski definition) is 3. The number of carbonyl (C=O) groups is 1. The van der Waals surface area contributed by atoms with Crippen molar-refractivity contribution in [1.29, 1.82) is 0 Å². The molecule has 0 saturated carbocycles. The number of carbonyl (C=O) groups excluding carboxylic acids is 1. The molecule has 106 valence electrons. The Labute approximate surface area is 117 Å². The van der Waals surface area contributed by atoms with Gasteiger partial charge in [-0.05, 0) is 36.8 Å². The van der Waals surface area contributed by atoms with Gasteiger partial charge in [-0.3, -0.25) is 0 Å². The number of aryl methyl sites for hydroxylation is 1. The quantitative estimate of drug-likeness (QED) is 0.880. The van der Waals surface area contributed by atoms with Crippen molar-refractivity contribution in [2.75, 3.05) is 19.0 Å². The fourth-order valence-electron chi connectivity index (χ4n) is 1.86. The maximum Gasteiger partial charge on any atom is 0.319 e. The number of nitrogens with one attached hydrogen (secondary N) is 2. The van der Waals surface area contributed by atoms with Crippen molar-refractivity contribution in [3.8, 4) is 0 Å². The van der Waals surface area contributed by atoms with Gasteiger partial charge in [-0.25, -0.2) is 4.79 Å². The molecule has 0 radical (unpaired) electrons. The molecule has 1 heterocycles. The normalized spacial score (nSPS) is 11.9. The third kappa shape index (κ3) is 3.86. The number of rotatable bonds is 5. The van der Waals surface area contributed by atoms with Crippen LogP contribution in [0.15, 0.2) is 47.1 Å². The van der Waals surface area contributed by atoms with Crippen LogP contribution in [0.5, 0.6) is 0 Å². The average Bonchev–Trinajstić information content (AvgIpc) is 2.93. The van der Waals surface area contributed by atoms with Gasteiger partial charge in [-0.1, -0.05) is 12.1 Å². The second kappa shape index (κ2) is 6.77. The molecule has 0 fully saturated rings. The highest BCUT2D eigenvalue weighted by Gasteiger charge is 2.14. The Morgan fingerprint density at radius 3 is 2.85 bits per heavy atom. The van der Waals surface area contributed by atoms with Crippen molar-refractivity contribution in [2.45, 2.75) is 13.0 Å². The topological polar surface area (TPSA) is 63.5 Å². The molecular formula is C15H18N2O3. The molecule has 0 unspecified atom stereocenters. The molecule has 0 aliphatic carbocycles. The lowest BCUT2D eigenvalue weighted by atomic mass is 10.2. The van der Waals surface area contributed by atoms with Crippen LogP contribution in [0.2, 0.25) is 0 Å². The van der Waals surface area contributed by atoms with Gasteiger partial charge in [0.15, 0.2) is 0 Å². The van der Waals surface area contributed by atoms with Gasteiger partial charge in [0.05, 0.1) is 12.8 Å². The fraction of sp³-hybridized carbons (Fsp3) is 0.267. The third-order valence-electron chi connectivity index (χ3n) is 2.87. The first-order chi connectivity index (χ1) is 9.69. The molecule has 1 atom stereocenters. The zero-order valence-electron chi connectivity index (χ0n) is 11.6. The van der Waals surface area contributed by atoms with Crippen molar-refractivity contribution in [1.82, 2.24) is 5.32 Å². The molecule has 2 amide bonds. The molecule has 5 heteroatoms. The van der Waals surface area contributed by atoms with E-state index in [0.717, 1.165) is 11.3 Å². The molecule has 2 aromatic rings. The van der Waals surface area contributed by atoms with Crippen molar-refractivity contribution in [2.24, 2.45) is 0 Å². The summed E-state index contributed by atoms with van der Waals surface area (Å²) in [6, 6.07) is 10.9. The number of anilines is 1. The molecular weight excluding hydrogens is 256 g/mol. The highest BCUT2D eigenvalue weighted by molar-refractivity contribution is 5.89. The smallest absolute Gasteiger partial charge is 0.319 e. The minimum Gasteiger partial charge on any atom is -0.467 e. The lowest BCUT2D eigenvalue weighted by molar-refractivity contribution is 0.0855. The number of furan rings is 1. The summed E-state index contributed by atoms with van der Waals surface area (Å²) >= 11 is 0. The Morgan fingerprint density at radius 1 is 1.35 bits per heavy atom. The second-order valence-corrected chi connectivity index (χ2v) is 4.44. The van der Waals surface area contributed by atoms with Crippen LogP contribution in [0.4, 0.5) is 10.5 Å². The van der Waals surface area contributed by atoms with Crippen molar-refractivity contribution >= 4 is 11.7 Å². The van der Waals surface area contributed by atoms with Crippen molar-refractivity contribution in [3.05, 3.63) is 54.0 Å². The van der Waals surface area contributed by atoms with E-state index in [-0.39, 0.29) is 12.1 Å². The van der Waals surface area contributed by atoms with Gasteiger partial charge in [0.2, 0.25) is 0 Å². The van der Waals surface area contributed by atoms with Crippen LogP contribution in [0.3, 0.4) is 0 Å². The summed E-state index contributed by atoms with van der Waals surface area (Å²) < 4.78 is 10.5. The van der Waals surface area contributed by atoms with Gasteiger partial charge < -0.3 is 19.8 Å². The van der Waals surface area contributed by atoms with E-state index in [2.05, 4.69) is 10.6 Å². The summed E-state index contributed by atoms with van der Waals surface area (Å²) in [6.07, 6.45) is 1.28. The first-order valence-electron chi connectivity index (χ1n) is 6.37. The van der Waals surface area contributed by atoms with Crippen LogP contribution in [0.1, 0.15) is 17.4 Å². The molecule has 1 aromatic heterocycles. The Balaban J connectivity index is 1.85. The number of methoxy groups -OCH3 is 1. The van der Waals surface area contributed by atoms with Crippen LogP contribution in [-0.4, -0.2) is 19.7 Å². The van der Waals surface area contributed by atoms with E-state index < -0.39 is 0 Å². The third-order valence-corrected chi connectivity index (χ3v) is 2.87. The highest BCUT2D eigenvalue weighted by Crippen LogP contribution is 2.16. The molecule has 0 aliphatic heterocycles. The van der Waals surface area contributed by atoms with Gasteiger partial charge in [0.1, 0.15) is 11.9 Å². The lowest BCUT2D eigenvalue weighted by Gasteiger charge is -2.14. The van der Waals surface area contributed by atoms with E-state index in [1.165, 1.54) is 0 Å². The van der Waals surface area contributed by atoms with Crippen LogP contribution in [0.25, 0.3) is 0 Å². The molecule has 0 aliphatic rings. The molecule has 0 bridgehead atoms. The SMILES string of the molecule is CO[C@@H](CNC(=O)Nc1cccc(C)c1)c1ccco1. The van der Waals surface area contributed by atoms with E-state index in [1.54, 1.807) is 19.4 Å². The number of ether oxygens (including phenoxy) is 1. The zero-order chi connectivity index (χ0) is 14.4. The molecule has 2 N–H and O–H groups in total. The second-order valence-electron chi connectivity index (χ2n) is 4.44. The Morgan fingerprint density at radius 2 is 2.20 bits per heavy atom. The monoisotopic (exact) mass is 274 g/mol. The Hall–Kier alpha value is -2.27. The van der Waals surface area contributed by atoms with Gasteiger partial charge in [0.25, 0.3) is 0 Å². The molecule has 2 rings (SSSR count). The fourth-order valence-corrected chi connectivity index (χ4v) is 1.86. The minimum absolute atomic E-state index is 0.274. The standard InChI is InChI=1S/C15H18N2O3/c1-11-5-3-6-12(9-11)17-15(18)16-10-14(19-2)13-7-4-8-20-13/h3-9,14H,10H2,1-2H3,(H2,16,17,18)/t14-/m0/s1. The minimum atomic E-state index is -0.298. The maximum absolute atomic E-state index is 11.8. The molecule has 20 heavy (non-hydrogen) atoms. The first-order valence-corrected chi connectivity index (χ1v) is 6.37. The largest absolute Gasteiger partial charge is 0.467 e. The lowest BCUT2D eigenvalue weighted by Crippen LogP contribution is -2.32. The molecule has 1 aromatic carbocycles. The molecule has 5 nitrogen and oxygen atoms in total. The van der Waals surface area contributed by atoms with Crippen LogP contribution < -0.4 is 10.6 Å².